The molecule has 20 heavy (non-hydrogen) atoms. The minimum absolute atomic E-state index is 0.0981. The van der Waals surface area contributed by atoms with Gasteiger partial charge in [-0.25, -0.2) is 14.5 Å². The van der Waals surface area contributed by atoms with Crippen molar-refractivity contribution < 1.29 is 9.59 Å². The van der Waals surface area contributed by atoms with E-state index in [0.717, 1.165) is 62.7 Å². The zero-order valence-electron chi connectivity index (χ0n) is 12.0. The molecule has 2 N–H and O–H groups in total. The van der Waals surface area contributed by atoms with Crippen molar-refractivity contribution in [2.45, 2.75) is 76.3 Å². The number of carbonyl (C=O) groups excluding carboxylic acids is 2. The van der Waals surface area contributed by atoms with Crippen LogP contribution in [0.5, 0.6) is 0 Å². The summed E-state index contributed by atoms with van der Waals surface area (Å²) in [5.41, 5.74) is 5.34. The van der Waals surface area contributed by atoms with Gasteiger partial charge in [-0.05, 0) is 25.7 Å². The Hall–Kier alpha value is -1.46. The Bertz CT molecular complexity index is 371. The molecule has 0 bridgehead atoms. The van der Waals surface area contributed by atoms with Crippen LogP contribution in [-0.2, 0) is 0 Å². The maximum atomic E-state index is 12.1. The van der Waals surface area contributed by atoms with Gasteiger partial charge in [0.25, 0.3) is 0 Å². The van der Waals surface area contributed by atoms with Gasteiger partial charge in [-0.2, -0.15) is 5.11 Å². The largest absolute Gasteiger partial charge is 0.370 e. The van der Waals surface area contributed by atoms with Gasteiger partial charge in [-0.3, -0.25) is 0 Å². The summed E-state index contributed by atoms with van der Waals surface area (Å²) in [6, 6.07) is -1.26. The van der Waals surface area contributed by atoms with Gasteiger partial charge >= 0.3 is 12.1 Å². The average Bonchev–Trinajstić information content (AvgIpc) is 2.47. The maximum absolute atomic E-state index is 12.1. The predicted octanol–water partition coefficient (Wildman–Crippen LogP) is 3.60. The molecule has 2 aliphatic carbocycles. The molecule has 2 aliphatic rings. The first-order valence-corrected chi connectivity index (χ1v) is 7.72. The highest BCUT2D eigenvalue weighted by Crippen LogP contribution is 2.24. The van der Waals surface area contributed by atoms with Crippen LogP contribution in [0.2, 0.25) is 0 Å². The normalized spacial score (nSPS) is 22.0. The first kappa shape index (κ1) is 14.9. The molecule has 2 rings (SSSR count). The second-order valence-electron chi connectivity index (χ2n) is 5.79. The third-order valence-corrected chi connectivity index (χ3v) is 4.26. The molecule has 0 spiro atoms. The van der Waals surface area contributed by atoms with Gasteiger partial charge in [0.15, 0.2) is 0 Å². The number of imide groups is 1. The van der Waals surface area contributed by atoms with Crippen molar-refractivity contribution in [1.82, 2.24) is 4.90 Å². The number of rotatable bonds is 2. The van der Waals surface area contributed by atoms with E-state index in [0.29, 0.717) is 0 Å². The van der Waals surface area contributed by atoms with E-state index in [9.17, 15) is 9.59 Å². The highest BCUT2D eigenvalue weighted by molar-refractivity contribution is 5.93. The van der Waals surface area contributed by atoms with E-state index in [4.69, 9.17) is 5.73 Å². The fourth-order valence-corrected chi connectivity index (χ4v) is 3.15. The minimum Gasteiger partial charge on any atom is -0.351 e. The predicted molar refractivity (Wildman–Crippen MR) is 75.4 cm³/mol. The van der Waals surface area contributed by atoms with E-state index in [1.54, 1.807) is 0 Å². The number of nitrogens with zero attached hydrogens (tertiary/aromatic N) is 3. The van der Waals surface area contributed by atoms with Gasteiger partial charge in [-0.15, -0.1) is 0 Å². The van der Waals surface area contributed by atoms with E-state index in [2.05, 4.69) is 10.2 Å². The molecule has 2 fully saturated rings. The van der Waals surface area contributed by atoms with Crippen LogP contribution in [0.4, 0.5) is 9.59 Å². The lowest BCUT2D eigenvalue weighted by Crippen LogP contribution is -2.47. The summed E-state index contributed by atoms with van der Waals surface area (Å²) in [6.45, 7) is 0. The lowest BCUT2D eigenvalue weighted by molar-refractivity contribution is 0.166. The number of hydrogen-bond acceptors (Lipinski definition) is 3. The third kappa shape index (κ3) is 4.02. The first-order valence-electron chi connectivity index (χ1n) is 7.72. The quantitative estimate of drug-likeness (QED) is 0.783. The van der Waals surface area contributed by atoms with Crippen molar-refractivity contribution in [3.8, 4) is 0 Å². The number of primary amides is 1. The van der Waals surface area contributed by atoms with E-state index < -0.39 is 12.1 Å². The Balaban J connectivity index is 1.95. The molecule has 6 heteroatoms. The third-order valence-electron chi connectivity index (χ3n) is 4.26. The number of urea groups is 2. The fraction of sp³-hybridized carbons (Fsp3) is 0.857. The van der Waals surface area contributed by atoms with E-state index >= 15 is 0 Å². The van der Waals surface area contributed by atoms with Crippen LogP contribution in [0.25, 0.3) is 0 Å². The summed E-state index contributed by atoms with van der Waals surface area (Å²) < 4.78 is 0. The molecular weight excluding hydrogens is 256 g/mol. The van der Waals surface area contributed by atoms with Crippen LogP contribution >= 0.6 is 0 Å². The Kier molecular flexibility index (Phi) is 5.49. The summed E-state index contributed by atoms with van der Waals surface area (Å²) in [4.78, 5) is 24.7. The van der Waals surface area contributed by atoms with Crippen LogP contribution in [0.15, 0.2) is 10.2 Å². The number of azo groups is 1. The molecule has 0 aromatic rings. The SMILES string of the molecule is NC(=O)N(C(=O)N=NC1CCCCC1)C1CCCCC1. The van der Waals surface area contributed by atoms with Crippen LogP contribution in [0, 0.1) is 0 Å². The number of carbonyl (C=O) groups is 2. The Morgan fingerprint density at radius 1 is 0.900 bits per heavy atom. The molecule has 0 aromatic carbocycles. The molecule has 0 saturated heterocycles. The topological polar surface area (TPSA) is 88.1 Å². The van der Waals surface area contributed by atoms with Crippen molar-refractivity contribution in [3.63, 3.8) is 0 Å². The van der Waals surface area contributed by atoms with Crippen LogP contribution < -0.4 is 5.73 Å². The molecule has 2 saturated carbocycles. The molecule has 0 aliphatic heterocycles. The summed E-state index contributed by atoms with van der Waals surface area (Å²) in [6.07, 6.45) is 10.3. The van der Waals surface area contributed by atoms with Gasteiger partial charge in [0.05, 0.1) is 6.04 Å². The molecule has 0 heterocycles. The Labute approximate surface area is 119 Å². The molecule has 4 amide bonds. The number of nitrogens with two attached hydrogens (primary N) is 1. The lowest BCUT2D eigenvalue weighted by atomic mass is 9.94. The standard InChI is InChI=1S/C14H24N4O2/c15-13(19)18(12-9-5-2-6-10-12)14(20)17-16-11-7-3-1-4-8-11/h11-12H,1-10H2,(H2,15,19). The van der Waals surface area contributed by atoms with Gasteiger partial charge in [0.2, 0.25) is 0 Å². The maximum Gasteiger partial charge on any atom is 0.370 e. The molecule has 0 aromatic heterocycles. The van der Waals surface area contributed by atoms with Crippen molar-refractivity contribution in [1.29, 1.82) is 0 Å². The molecule has 112 valence electrons. The molecular formula is C14H24N4O2. The Morgan fingerprint density at radius 2 is 1.45 bits per heavy atom. The fourth-order valence-electron chi connectivity index (χ4n) is 3.15. The summed E-state index contributed by atoms with van der Waals surface area (Å²) >= 11 is 0. The van der Waals surface area contributed by atoms with Crippen LogP contribution in [-0.4, -0.2) is 29.0 Å². The van der Waals surface area contributed by atoms with Crippen LogP contribution in [0.3, 0.4) is 0 Å². The van der Waals surface area contributed by atoms with Gasteiger partial charge in [-0.1, -0.05) is 43.6 Å². The molecule has 0 radical (unpaired) electrons. The van der Waals surface area contributed by atoms with Crippen molar-refractivity contribution in [2.24, 2.45) is 16.0 Å². The molecule has 0 atom stereocenters. The lowest BCUT2D eigenvalue weighted by Gasteiger charge is -2.29. The van der Waals surface area contributed by atoms with Gasteiger partial charge < -0.3 is 5.73 Å². The number of amides is 4. The van der Waals surface area contributed by atoms with Crippen molar-refractivity contribution in [2.75, 3.05) is 0 Å². The molecule has 6 nitrogen and oxygen atoms in total. The average molecular weight is 280 g/mol. The van der Waals surface area contributed by atoms with Gasteiger partial charge in [0.1, 0.15) is 0 Å². The smallest absolute Gasteiger partial charge is 0.351 e. The second kappa shape index (κ2) is 7.36. The van der Waals surface area contributed by atoms with E-state index in [-0.39, 0.29) is 12.1 Å². The van der Waals surface area contributed by atoms with Crippen molar-refractivity contribution in [3.05, 3.63) is 0 Å². The monoisotopic (exact) mass is 280 g/mol. The summed E-state index contributed by atoms with van der Waals surface area (Å²) in [5, 5.41) is 7.86. The zero-order valence-corrected chi connectivity index (χ0v) is 12.0. The second-order valence-corrected chi connectivity index (χ2v) is 5.79. The number of hydrogen-bond donors (Lipinski definition) is 1. The van der Waals surface area contributed by atoms with E-state index in [1.807, 2.05) is 0 Å². The van der Waals surface area contributed by atoms with Crippen molar-refractivity contribution >= 4 is 12.1 Å². The highest BCUT2D eigenvalue weighted by atomic mass is 16.2. The highest BCUT2D eigenvalue weighted by Gasteiger charge is 2.29. The van der Waals surface area contributed by atoms with Gasteiger partial charge in [0, 0.05) is 6.04 Å². The summed E-state index contributed by atoms with van der Waals surface area (Å²) in [5.74, 6) is 0. The van der Waals surface area contributed by atoms with Crippen LogP contribution in [0.1, 0.15) is 64.2 Å². The first-order chi connectivity index (χ1) is 9.68. The van der Waals surface area contributed by atoms with E-state index in [1.165, 1.54) is 6.42 Å². The molecule has 0 unspecified atom stereocenters. The Morgan fingerprint density at radius 3 is 2.00 bits per heavy atom. The minimum atomic E-state index is -0.704. The zero-order chi connectivity index (χ0) is 14.4. The summed E-state index contributed by atoms with van der Waals surface area (Å²) in [7, 11) is 0.